The number of rotatable bonds is 6. The summed E-state index contributed by atoms with van der Waals surface area (Å²) in [6.07, 6.45) is 3.71. The number of hydrogen-bond acceptors (Lipinski definition) is 6. The van der Waals surface area contributed by atoms with E-state index in [0.29, 0.717) is 31.1 Å². The second kappa shape index (κ2) is 7.21. The monoisotopic (exact) mass is 371 g/mol. The molecule has 0 N–H and O–H groups in total. The highest BCUT2D eigenvalue weighted by Gasteiger charge is 2.35. The van der Waals surface area contributed by atoms with Gasteiger partial charge in [-0.2, -0.15) is 4.98 Å². The second-order valence-electron chi connectivity index (χ2n) is 7.70. The molecular formula is C20H25N3O4. The minimum atomic E-state index is 0.0352. The molecule has 0 saturated carbocycles. The van der Waals surface area contributed by atoms with Gasteiger partial charge in [-0.3, -0.25) is 4.79 Å². The molecule has 0 spiro atoms. The molecule has 1 saturated heterocycles. The van der Waals surface area contributed by atoms with Gasteiger partial charge in [-0.15, -0.1) is 0 Å². The Bertz CT molecular complexity index is 834. The van der Waals surface area contributed by atoms with E-state index in [1.165, 1.54) is 5.56 Å². The van der Waals surface area contributed by atoms with Crippen LogP contribution in [0.25, 0.3) is 0 Å². The normalized spacial score (nSPS) is 21.7. The maximum absolute atomic E-state index is 12.4. The van der Waals surface area contributed by atoms with E-state index in [-0.39, 0.29) is 18.1 Å². The van der Waals surface area contributed by atoms with E-state index >= 15 is 0 Å². The predicted octanol–water partition coefficient (Wildman–Crippen LogP) is 2.77. The first-order valence-electron chi connectivity index (χ1n) is 9.52. The van der Waals surface area contributed by atoms with Gasteiger partial charge in [0.05, 0.1) is 0 Å². The van der Waals surface area contributed by atoms with Gasteiger partial charge >= 0.3 is 0 Å². The molecule has 2 aromatic rings. The van der Waals surface area contributed by atoms with Crippen LogP contribution in [0.2, 0.25) is 0 Å². The highest BCUT2D eigenvalue weighted by Crippen LogP contribution is 2.37. The molecule has 1 aromatic carbocycles. The van der Waals surface area contributed by atoms with Crippen LogP contribution in [0.1, 0.15) is 44.0 Å². The number of benzene rings is 1. The largest absolute Gasteiger partial charge is 0.454 e. The third-order valence-corrected chi connectivity index (χ3v) is 5.35. The molecule has 7 nitrogen and oxygen atoms in total. The summed E-state index contributed by atoms with van der Waals surface area (Å²) in [7, 11) is 0. The highest BCUT2D eigenvalue weighted by molar-refractivity contribution is 5.77. The molecule has 3 heterocycles. The number of hydrogen-bond donors (Lipinski definition) is 0. The van der Waals surface area contributed by atoms with Gasteiger partial charge in [-0.05, 0) is 36.0 Å². The topological polar surface area (TPSA) is 77.7 Å². The van der Waals surface area contributed by atoms with E-state index in [9.17, 15) is 4.79 Å². The molecule has 1 aromatic heterocycles. The number of aromatic nitrogens is 2. The Labute approximate surface area is 158 Å². The van der Waals surface area contributed by atoms with Crippen LogP contribution in [-0.2, 0) is 24.1 Å². The summed E-state index contributed by atoms with van der Waals surface area (Å²) in [5, 5.41) is 3.98. The van der Waals surface area contributed by atoms with Crippen LogP contribution in [0.5, 0.6) is 11.5 Å². The number of likely N-dealkylation sites (tertiary alicyclic amines) is 1. The maximum atomic E-state index is 12.4. The van der Waals surface area contributed by atoms with Crippen molar-refractivity contribution >= 4 is 5.91 Å². The van der Waals surface area contributed by atoms with E-state index in [2.05, 4.69) is 29.2 Å². The fraction of sp³-hybridized carbons (Fsp3) is 0.550. The molecule has 0 radical (unpaired) electrons. The van der Waals surface area contributed by atoms with Gasteiger partial charge in [0.25, 0.3) is 0 Å². The van der Waals surface area contributed by atoms with Crippen molar-refractivity contribution in [2.45, 2.75) is 46.0 Å². The van der Waals surface area contributed by atoms with Crippen LogP contribution < -0.4 is 9.47 Å². The molecular weight excluding hydrogens is 346 g/mol. The first-order valence-corrected chi connectivity index (χ1v) is 9.52. The van der Waals surface area contributed by atoms with Crippen molar-refractivity contribution in [1.29, 1.82) is 0 Å². The Morgan fingerprint density at radius 3 is 2.93 bits per heavy atom. The zero-order valence-electron chi connectivity index (χ0n) is 15.9. The van der Waals surface area contributed by atoms with Crippen LogP contribution in [0, 0.1) is 5.41 Å². The van der Waals surface area contributed by atoms with Crippen molar-refractivity contribution in [3.05, 3.63) is 35.5 Å². The molecule has 4 rings (SSSR count). The van der Waals surface area contributed by atoms with Crippen LogP contribution in [-0.4, -0.2) is 40.8 Å². The summed E-state index contributed by atoms with van der Waals surface area (Å²) in [5.74, 6) is 3.13. The third kappa shape index (κ3) is 3.91. The van der Waals surface area contributed by atoms with Gasteiger partial charge in [0.2, 0.25) is 18.6 Å². The lowest BCUT2D eigenvalue weighted by Crippen LogP contribution is -2.46. The van der Waals surface area contributed by atoms with Crippen molar-refractivity contribution in [2.75, 3.05) is 19.9 Å². The van der Waals surface area contributed by atoms with E-state index < -0.39 is 0 Å². The van der Waals surface area contributed by atoms with Gasteiger partial charge in [-0.25, -0.2) is 0 Å². The highest BCUT2D eigenvalue weighted by atomic mass is 16.7. The number of carbonyl (C=O) groups is 1. The van der Waals surface area contributed by atoms with Crippen LogP contribution in [0.3, 0.4) is 0 Å². The number of carbonyl (C=O) groups excluding carboxylic acids is 1. The van der Waals surface area contributed by atoms with Crippen LogP contribution >= 0.6 is 0 Å². The molecule has 1 amide bonds. The van der Waals surface area contributed by atoms with Crippen molar-refractivity contribution < 1.29 is 18.8 Å². The van der Waals surface area contributed by atoms with Gasteiger partial charge < -0.3 is 18.9 Å². The lowest BCUT2D eigenvalue weighted by molar-refractivity contribution is -0.137. The van der Waals surface area contributed by atoms with Crippen molar-refractivity contribution in [3.8, 4) is 11.5 Å². The SMILES string of the molecule is CCc1nc(CCN2CC(C)(Cc3ccc4c(c3)OCO4)CCC2=O)no1. The minimum Gasteiger partial charge on any atom is -0.454 e. The third-order valence-electron chi connectivity index (χ3n) is 5.35. The second-order valence-corrected chi connectivity index (χ2v) is 7.70. The average molecular weight is 371 g/mol. The summed E-state index contributed by atoms with van der Waals surface area (Å²) in [6.45, 7) is 5.87. The number of fused-ring (bicyclic) bond motifs is 1. The summed E-state index contributed by atoms with van der Waals surface area (Å²) >= 11 is 0. The molecule has 1 fully saturated rings. The smallest absolute Gasteiger partial charge is 0.231 e. The van der Waals surface area contributed by atoms with Gasteiger partial charge in [-0.1, -0.05) is 25.1 Å². The average Bonchev–Trinajstić information content (AvgIpc) is 3.31. The molecule has 27 heavy (non-hydrogen) atoms. The van der Waals surface area contributed by atoms with Crippen molar-refractivity contribution in [1.82, 2.24) is 15.0 Å². The molecule has 2 aliphatic heterocycles. The van der Waals surface area contributed by atoms with Crippen LogP contribution in [0.4, 0.5) is 0 Å². The van der Waals surface area contributed by atoms with Crippen molar-refractivity contribution in [3.63, 3.8) is 0 Å². The fourth-order valence-electron chi connectivity index (χ4n) is 3.86. The molecule has 0 bridgehead atoms. The quantitative estimate of drug-likeness (QED) is 0.777. The first-order chi connectivity index (χ1) is 13.0. The predicted molar refractivity (Wildman–Crippen MR) is 97.6 cm³/mol. The number of nitrogens with zero attached hydrogens (tertiary/aromatic N) is 3. The lowest BCUT2D eigenvalue weighted by Gasteiger charge is -2.40. The van der Waals surface area contributed by atoms with Crippen molar-refractivity contribution in [2.24, 2.45) is 5.41 Å². The molecule has 0 aliphatic carbocycles. The van der Waals surface area contributed by atoms with Gasteiger partial charge in [0.1, 0.15) is 0 Å². The Morgan fingerprint density at radius 2 is 2.11 bits per heavy atom. The summed E-state index contributed by atoms with van der Waals surface area (Å²) in [5.41, 5.74) is 1.25. The fourth-order valence-corrected chi connectivity index (χ4v) is 3.86. The molecule has 144 valence electrons. The number of ether oxygens (including phenoxy) is 2. The maximum Gasteiger partial charge on any atom is 0.231 e. The Kier molecular flexibility index (Phi) is 4.76. The number of amides is 1. The van der Waals surface area contributed by atoms with Gasteiger partial charge in [0.15, 0.2) is 17.3 Å². The van der Waals surface area contributed by atoms with Crippen LogP contribution in [0.15, 0.2) is 22.7 Å². The summed E-state index contributed by atoms with van der Waals surface area (Å²) < 4.78 is 16.0. The minimum absolute atomic E-state index is 0.0352. The van der Waals surface area contributed by atoms with E-state index in [4.69, 9.17) is 14.0 Å². The number of aryl methyl sites for hydroxylation is 1. The zero-order chi connectivity index (χ0) is 18.9. The summed E-state index contributed by atoms with van der Waals surface area (Å²) in [4.78, 5) is 18.7. The molecule has 1 unspecified atom stereocenters. The molecule has 1 atom stereocenters. The Balaban J connectivity index is 1.40. The number of piperidine rings is 1. The van der Waals surface area contributed by atoms with E-state index in [1.807, 2.05) is 17.9 Å². The van der Waals surface area contributed by atoms with E-state index in [1.54, 1.807) is 0 Å². The Hall–Kier alpha value is -2.57. The summed E-state index contributed by atoms with van der Waals surface area (Å²) in [6, 6.07) is 6.11. The lowest BCUT2D eigenvalue weighted by atomic mass is 9.76. The standard InChI is InChI=1S/C20H25N3O4/c1-3-18-21-17(22-27-18)7-9-23-12-20(2,8-6-19(23)24)11-14-4-5-15-16(10-14)26-13-25-15/h4-5,10H,3,6-9,11-13H2,1-2H3. The molecule has 2 aliphatic rings. The first kappa shape index (κ1) is 17.8. The Morgan fingerprint density at radius 1 is 1.26 bits per heavy atom. The van der Waals surface area contributed by atoms with E-state index in [0.717, 1.165) is 37.3 Å². The zero-order valence-corrected chi connectivity index (χ0v) is 15.9. The molecule has 7 heteroatoms. The van der Waals surface area contributed by atoms with Gasteiger partial charge in [0, 0.05) is 32.4 Å².